The van der Waals surface area contributed by atoms with Gasteiger partial charge in [-0.1, -0.05) is 30.0 Å². The first-order valence-electron chi connectivity index (χ1n) is 6.52. The Morgan fingerprint density at radius 1 is 1.29 bits per heavy atom. The summed E-state index contributed by atoms with van der Waals surface area (Å²) in [5.74, 6) is 0. The number of para-hydroxylation sites is 2. The highest BCUT2D eigenvalue weighted by Crippen LogP contribution is 2.33. The highest BCUT2D eigenvalue weighted by Gasteiger charge is 2.12. The number of nitriles is 1. The van der Waals surface area contributed by atoms with Gasteiger partial charge in [-0.05, 0) is 36.8 Å². The molecule has 0 spiro atoms. The fraction of sp³-hybridized carbons (Fsp3) is 0.125. The third kappa shape index (κ3) is 2.77. The second-order valence-corrected chi connectivity index (χ2v) is 5.73. The van der Waals surface area contributed by atoms with Gasteiger partial charge in [0.25, 0.3) is 0 Å². The van der Waals surface area contributed by atoms with Crippen molar-refractivity contribution < 1.29 is 5.11 Å². The number of hydrogen-bond acceptors (Lipinski definition) is 4. The van der Waals surface area contributed by atoms with E-state index < -0.39 is 6.10 Å². The molecule has 0 saturated carbocycles. The minimum Gasteiger partial charge on any atom is -0.389 e. The number of aromatic amines is 1. The highest BCUT2D eigenvalue weighted by atomic mass is 32.2. The van der Waals surface area contributed by atoms with Crippen LogP contribution in [0.4, 0.5) is 0 Å². The van der Waals surface area contributed by atoms with Crippen molar-refractivity contribution >= 4 is 22.8 Å². The quantitative estimate of drug-likeness (QED) is 0.773. The maximum absolute atomic E-state index is 9.86. The number of H-pyrrole nitrogens is 1. The van der Waals surface area contributed by atoms with E-state index in [1.54, 1.807) is 25.1 Å². The Hall–Kier alpha value is -2.29. The topological polar surface area (TPSA) is 72.7 Å². The predicted molar refractivity (Wildman–Crippen MR) is 82.0 cm³/mol. The van der Waals surface area contributed by atoms with Crippen molar-refractivity contribution in [2.75, 3.05) is 0 Å². The third-order valence-corrected chi connectivity index (χ3v) is 4.13. The van der Waals surface area contributed by atoms with Crippen molar-refractivity contribution in [2.24, 2.45) is 0 Å². The van der Waals surface area contributed by atoms with Crippen LogP contribution in [0.2, 0.25) is 0 Å². The van der Waals surface area contributed by atoms with Crippen LogP contribution in [0, 0.1) is 11.3 Å². The van der Waals surface area contributed by atoms with Crippen LogP contribution in [-0.2, 0) is 0 Å². The summed E-state index contributed by atoms with van der Waals surface area (Å²) >= 11 is 1.42. The molecule has 3 rings (SSSR count). The van der Waals surface area contributed by atoms with Gasteiger partial charge in [0.15, 0.2) is 5.16 Å². The molecule has 1 heterocycles. The summed E-state index contributed by atoms with van der Waals surface area (Å²) in [6, 6.07) is 15.2. The summed E-state index contributed by atoms with van der Waals surface area (Å²) in [5.41, 5.74) is 3.22. The van der Waals surface area contributed by atoms with Crippen LogP contribution in [0.5, 0.6) is 0 Å². The van der Waals surface area contributed by atoms with Crippen molar-refractivity contribution in [1.29, 1.82) is 5.26 Å². The molecule has 4 nitrogen and oxygen atoms in total. The van der Waals surface area contributed by atoms with E-state index >= 15 is 0 Å². The van der Waals surface area contributed by atoms with Crippen LogP contribution in [0.25, 0.3) is 11.0 Å². The molecule has 0 saturated heterocycles. The molecular weight excluding hydrogens is 282 g/mol. The first-order valence-corrected chi connectivity index (χ1v) is 7.34. The molecular formula is C16H13N3OS. The second-order valence-electron chi connectivity index (χ2n) is 4.70. The molecule has 3 aromatic rings. The number of imidazole rings is 1. The summed E-state index contributed by atoms with van der Waals surface area (Å²) in [5, 5.41) is 19.6. The standard InChI is InChI=1S/C16H13N3OS/c1-10(20)12-7-6-11(9-17)8-15(12)21-16-18-13-4-2-3-5-14(13)19-16/h2-8,10,20H,1H3,(H,18,19). The van der Waals surface area contributed by atoms with E-state index in [2.05, 4.69) is 16.0 Å². The van der Waals surface area contributed by atoms with Crippen molar-refractivity contribution in [1.82, 2.24) is 9.97 Å². The lowest BCUT2D eigenvalue weighted by Gasteiger charge is -2.10. The van der Waals surface area contributed by atoms with Crippen LogP contribution < -0.4 is 0 Å². The summed E-state index contributed by atoms with van der Waals surface area (Å²) in [4.78, 5) is 8.58. The van der Waals surface area contributed by atoms with Crippen LogP contribution in [0.1, 0.15) is 24.2 Å². The van der Waals surface area contributed by atoms with E-state index in [1.165, 1.54) is 11.8 Å². The van der Waals surface area contributed by atoms with Crippen molar-refractivity contribution in [2.45, 2.75) is 23.1 Å². The van der Waals surface area contributed by atoms with E-state index in [4.69, 9.17) is 5.26 Å². The van der Waals surface area contributed by atoms with E-state index in [-0.39, 0.29) is 0 Å². The van der Waals surface area contributed by atoms with Gasteiger partial charge in [-0.3, -0.25) is 0 Å². The number of aliphatic hydroxyl groups excluding tert-OH is 1. The zero-order chi connectivity index (χ0) is 14.8. The minimum atomic E-state index is -0.593. The van der Waals surface area contributed by atoms with Gasteiger partial charge < -0.3 is 10.1 Å². The predicted octanol–water partition coefficient (Wildman–Crippen LogP) is 3.64. The molecule has 0 fully saturated rings. The Balaban J connectivity index is 2.01. The summed E-state index contributed by atoms with van der Waals surface area (Å²) in [6.07, 6.45) is -0.593. The number of aliphatic hydroxyl groups is 1. The molecule has 0 aliphatic heterocycles. The number of hydrogen-bond donors (Lipinski definition) is 2. The SMILES string of the molecule is CC(O)c1ccc(C#N)cc1Sc1nc2ccccc2[nH]1. The molecule has 0 radical (unpaired) electrons. The molecule has 0 amide bonds. The fourth-order valence-corrected chi connectivity index (χ4v) is 3.17. The lowest BCUT2D eigenvalue weighted by molar-refractivity contribution is 0.196. The van der Waals surface area contributed by atoms with Crippen LogP contribution in [0.3, 0.4) is 0 Å². The van der Waals surface area contributed by atoms with E-state index in [1.807, 2.05) is 24.3 Å². The van der Waals surface area contributed by atoms with Crippen molar-refractivity contribution in [3.63, 3.8) is 0 Å². The lowest BCUT2D eigenvalue weighted by atomic mass is 10.1. The van der Waals surface area contributed by atoms with Gasteiger partial charge in [0.2, 0.25) is 0 Å². The van der Waals surface area contributed by atoms with E-state index in [0.717, 1.165) is 26.6 Å². The van der Waals surface area contributed by atoms with Gasteiger partial charge in [0.05, 0.1) is 28.8 Å². The maximum atomic E-state index is 9.86. The monoisotopic (exact) mass is 295 g/mol. The number of rotatable bonds is 3. The normalized spacial score (nSPS) is 12.2. The van der Waals surface area contributed by atoms with Gasteiger partial charge in [0.1, 0.15) is 0 Å². The Kier molecular flexibility index (Phi) is 3.65. The van der Waals surface area contributed by atoms with Crippen LogP contribution in [-0.4, -0.2) is 15.1 Å². The number of fused-ring (bicyclic) bond motifs is 1. The fourth-order valence-electron chi connectivity index (χ4n) is 2.12. The first-order chi connectivity index (χ1) is 10.2. The Morgan fingerprint density at radius 2 is 2.10 bits per heavy atom. The van der Waals surface area contributed by atoms with Gasteiger partial charge in [-0.2, -0.15) is 5.26 Å². The average Bonchev–Trinajstić information content (AvgIpc) is 2.89. The smallest absolute Gasteiger partial charge is 0.171 e. The number of benzene rings is 2. The largest absolute Gasteiger partial charge is 0.389 e. The Labute approximate surface area is 126 Å². The first kappa shape index (κ1) is 13.7. The Morgan fingerprint density at radius 3 is 2.81 bits per heavy atom. The summed E-state index contributed by atoms with van der Waals surface area (Å²) in [6.45, 7) is 1.71. The van der Waals surface area contributed by atoms with Gasteiger partial charge in [-0.25, -0.2) is 4.98 Å². The molecule has 1 atom stereocenters. The molecule has 5 heteroatoms. The molecule has 1 aromatic heterocycles. The number of nitrogens with one attached hydrogen (secondary N) is 1. The van der Waals surface area contributed by atoms with Crippen LogP contribution >= 0.6 is 11.8 Å². The number of nitrogens with zero attached hydrogens (tertiary/aromatic N) is 2. The molecule has 104 valence electrons. The second kappa shape index (κ2) is 5.60. The molecule has 0 bridgehead atoms. The molecule has 2 aromatic carbocycles. The van der Waals surface area contributed by atoms with Crippen molar-refractivity contribution in [3.05, 3.63) is 53.6 Å². The van der Waals surface area contributed by atoms with Crippen molar-refractivity contribution in [3.8, 4) is 6.07 Å². The summed E-state index contributed by atoms with van der Waals surface area (Å²) in [7, 11) is 0. The maximum Gasteiger partial charge on any atom is 0.171 e. The molecule has 1 unspecified atom stereocenters. The highest BCUT2D eigenvalue weighted by molar-refractivity contribution is 7.99. The van der Waals surface area contributed by atoms with Crippen LogP contribution in [0.15, 0.2) is 52.5 Å². The molecule has 21 heavy (non-hydrogen) atoms. The lowest BCUT2D eigenvalue weighted by Crippen LogP contribution is -1.95. The Bertz CT molecular complexity index is 800. The average molecular weight is 295 g/mol. The van der Waals surface area contributed by atoms with E-state index in [0.29, 0.717) is 5.56 Å². The molecule has 0 aliphatic rings. The number of aromatic nitrogens is 2. The van der Waals surface area contributed by atoms with Gasteiger partial charge in [0, 0.05) is 4.90 Å². The van der Waals surface area contributed by atoms with Gasteiger partial charge >= 0.3 is 0 Å². The zero-order valence-electron chi connectivity index (χ0n) is 11.4. The minimum absolute atomic E-state index is 0.568. The van der Waals surface area contributed by atoms with E-state index in [9.17, 15) is 5.11 Å². The molecule has 0 aliphatic carbocycles. The zero-order valence-corrected chi connectivity index (χ0v) is 12.2. The molecule has 2 N–H and O–H groups in total. The third-order valence-electron chi connectivity index (χ3n) is 3.17. The summed E-state index contributed by atoms with van der Waals surface area (Å²) < 4.78 is 0. The van der Waals surface area contributed by atoms with Gasteiger partial charge in [-0.15, -0.1) is 0 Å².